The van der Waals surface area contributed by atoms with Crippen molar-refractivity contribution in [1.82, 2.24) is 9.78 Å². The van der Waals surface area contributed by atoms with Gasteiger partial charge in [-0.05, 0) is 52.2 Å². The number of aliphatic hydroxyl groups excluding tert-OH is 4. The summed E-state index contributed by atoms with van der Waals surface area (Å²) in [4.78, 5) is 0. The van der Waals surface area contributed by atoms with Gasteiger partial charge in [0, 0.05) is 34.6 Å². The average Bonchev–Trinajstić information content (AvgIpc) is 3.19. The van der Waals surface area contributed by atoms with E-state index < -0.39 is 63.5 Å². The van der Waals surface area contributed by atoms with Gasteiger partial charge in [0.25, 0.3) is 0 Å². The Morgan fingerprint density at radius 3 is 2.47 bits per heavy atom. The van der Waals surface area contributed by atoms with E-state index in [0.717, 1.165) is 12.1 Å². The molecule has 2 aromatic rings. The molecule has 0 bridgehead atoms. The van der Waals surface area contributed by atoms with Gasteiger partial charge in [0.05, 0.1) is 14.1 Å². The normalized spacial score (nSPS) is 31.8. The van der Waals surface area contributed by atoms with E-state index >= 15 is 0 Å². The second-order valence-electron chi connectivity index (χ2n) is 7.70. The van der Waals surface area contributed by atoms with Crippen molar-refractivity contribution in [2.24, 2.45) is 0 Å². The summed E-state index contributed by atoms with van der Waals surface area (Å²) in [6, 6.07) is 4.44. The van der Waals surface area contributed by atoms with Crippen LogP contribution in [0.3, 0.4) is 0 Å². The van der Waals surface area contributed by atoms with E-state index in [2.05, 4.69) is 5.10 Å². The number of ether oxygens (including phenoxy) is 3. The summed E-state index contributed by atoms with van der Waals surface area (Å²) < 4.78 is 88.7. The molecule has 1 saturated heterocycles. The molecular formula is C23H34N2O7. The van der Waals surface area contributed by atoms with Crippen molar-refractivity contribution >= 4 is 0 Å². The maximum absolute atomic E-state index is 10.4. The predicted molar refractivity (Wildman–Crippen MR) is 117 cm³/mol. The molecule has 5 atom stereocenters. The fraction of sp³-hybridized carbons (Fsp3) is 0.609. The van der Waals surface area contributed by atoms with Crippen LogP contribution in [0.15, 0.2) is 24.3 Å². The van der Waals surface area contributed by atoms with E-state index in [0.29, 0.717) is 5.69 Å². The topological polar surface area (TPSA) is 126 Å². The molecule has 0 radical (unpaired) electrons. The van der Waals surface area contributed by atoms with Gasteiger partial charge in [-0.25, -0.2) is 0 Å². The monoisotopic (exact) mass is 459 g/mol. The molecule has 3 rings (SSSR count). The van der Waals surface area contributed by atoms with Crippen LogP contribution in [-0.4, -0.2) is 73.6 Å². The first-order chi connectivity index (χ1) is 18.7. The highest BCUT2D eigenvalue weighted by Gasteiger charge is 2.45. The molecule has 1 aliphatic heterocycles. The fourth-order valence-electron chi connectivity index (χ4n) is 3.36. The molecule has 4 N–H and O–H groups in total. The van der Waals surface area contributed by atoms with E-state index in [-0.39, 0.29) is 28.8 Å². The van der Waals surface area contributed by atoms with Crippen LogP contribution in [-0.2, 0) is 11.1 Å². The largest absolute Gasteiger partial charge is 0.491 e. The van der Waals surface area contributed by atoms with Gasteiger partial charge < -0.3 is 34.6 Å². The molecule has 1 aromatic heterocycles. The van der Waals surface area contributed by atoms with Gasteiger partial charge >= 0.3 is 0 Å². The quantitative estimate of drug-likeness (QED) is 0.466. The van der Waals surface area contributed by atoms with Crippen LogP contribution in [0.4, 0.5) is 0 Å². The molecule has 0 saturated carbocycles. The first kappa shape index (κ1) is 14.9. The molecule has 9 heteroatoms. The Morgan fingerprint density at radius 2 is 1.88 bits per heavy atom. The molecule has 0 aliphatic carbocycles. The lowest BCUT2D eigenvalue weighted by Crippen LogP contribution is -2.60. The molecule has 1 fully saturated rings. The molecule has 2 heterocycles. The number of aromatic nitrogens is 2. The minimum atomic E-state index is -3.33. The van der Waals surface area contributed by atoms with Gasteiger partial charge in [-0.15, -0.1) is 5.10 Å². The van der Waals surface area contributed by atoms with Crippen LogP contribution in [0.1, 0.15) is 62.8 Å². The highest BCUT2D eigenvalue weighted by Crippen LogP contribution is 2.31. The van der Waals surface area contributed by atoms with Gasteiger partial charge in [0.15, 0.2) is 0 Å². The zero-order valence-corrected chi connectivity index (χ0v) is 17.9. The van der Waals surface area contributed by atoms with Crippen molar-refractivity contribution in [1.29, 1.82) is 0 Å². The van der Waals surface area contributed by atoms with Gasteiger partial charge in [-0.2, -0.15) is 0 Å². The smallest absolute Gasteiger partial charge is 0.239 e. The summed E-state index contributed by atoms with van der Waals surface area (Å²) in [5.41, 5.74) is 0.241. The Balaban J connectivity index is 2.01. The Labute approximate surface area is 200 Å². The highest BCUT2D eigenvalue weighted by atomic mass is 16.7. The summed E-state index contributed by atoms with van der Waals surface area (Å²) in [6.07, 6.45) is -13.7. The molecule has 1 aromatic carbocycles. The van der Waals surface area contributed by atoms with E-state index in [1.165, 1.54) is 16.8 Å². The average molecular weight is 460 g/mol. The number of nitrogens with zero attached hydrogens (tertiary/aromatic N) is 2. The van der Waals surface area contributed by atoms with Gasteiger partial charge in [0.1, 0.15) is 30.2 Å². The minimum absolute atomic E-state index is 0.00624. The summed E-state index contributed by atoms with van der Waals surface area (Å²) in [6.45, 7) is -2.21. The lowest BCUT2D eigenvalue weighted by molar-refractivity contribution is -0.278. The maximum Gasteiger partial charge on any atom is 0.239 e. The molecule has 9 nitrogen and oxygen atoms in total. The molecule has 0 unspecified atom stereocenters. The van der Waals surface area contributed by atoms with Crippen molar-refractivity contribution in [2.45, 2.75) is 83.7 Å². The third-order valence-electron chi connectivity index (χ3n) is 5.03. The Hall–Kier alpha value is -2.17. The number of benzene rings is 1. The second-order valence-corrected chi connectivity index (χ2v) is 7.70. The number of aliphatic hydroxyl groups is 4. The van der Waals surface area contributed by atoms with Crippen LogP contribution in [0.5, 0.6) is 11.6 Å². The summed E-state index contributed by atoms with van der Waals surface area (Å²) >= 11 is 0. The van der Waals surface area contributed by atoms with Crippen molar-refractivity contribution in [3.63, 3.8) is 0 Å². The van der Waals surface area contributed by atoms with Crippen LogP contribution < -0.4 is 9.47 Å². The SMILES string of the molecule is [2H]C([2H])(c1ccc(OC([2H])(C([2H])([2H])[2H])C([2H])([2H])[2H])cc1)c1c(O[C@@H]2O[C@H](CO)[C@@H](O)[C@H](O)[C@H]2O)nn(C(C)C)c1C. The van der Waals surface area contributed by atoms with Crippen molar-refractivity contribution in [3.8, 4) is 11.6 Å². The maximum atomic E-state index is 10.4. The zero-order valence-electron chi connectivity index (χ0n) is 26.9. The molecular weight excluding hydrogens is 416 g/mol. The molecule has 0 amide bonds. The van der Waals surface area contributed by atoms with E-state index in [4.69, 9.17) is 26.5 Å². The molecule has 1 aliphatic rings. The first-order valence-corrected chi connectivity index (χ1v) is 10.0. The third-order valence-corrected chi connectivity index (χ3v) is 5.03. The summed E-state index contributed by atoms with van der Waals surface area (Å²) in [7, 11) is 0. The fourth-order valence-corrected chi connectivity index (χ4v) is 3.36. The second kappa shape index (κ2) is 10.2. The van der Waals surface area contributed by atoms with E-state index in [1.807, 2.05) is 0 Å². The summed E-state index contributed by atoms with van der Waals surface area (Å²) in [5.74, 6) is -0.597. The minimum Gasteiger partial charge on any atom is -0.491 e. The van der Waals surface area contributed by atoms with E-state index in [1.54, 1.807) is 20.8 Å². The van der Waals surface area contributed by atoms with Crippen molar-refractivity contribution < 1.29 is 47.0 Å². The van der Waals surface area contributed by atoms with Crippen molar-refractivity contribution in [3.05, 3.63) is 41.1 Å². The molecule has 178 valence electrons. The van der Waals surface area contributed by atoms with Gasteiger partial charge in [-0.1, -0.05) is 12.1 Å². The van der Waals surface area contributed by atoms with Gasteiger partial charge in [0.2, 0.25) is 12.2 Å². The lowest BCUT2D eigenvalue weighted by atomic mass is 9.99. The Kier molecular flexibility index (Phi) is 4.73. The zero-order chi connectivity index (χ0) is 31.3. The highest BCUT2D eigenvalue weighted by molar-refractivity contribution is 5.38. The Bertz CT molecular complexity index is 1190. The first-order valence-electron chi connectivity index (χ1n) is 14.5. The molecule has 0 spiro atoms. The Morgan fingerprint density at radius 1 is 1.19 bits per heavy atom. The number of hydrogen-bond donors (Lipinski definition) is 4. The third kappa shape index (κ3) is 5.24. The van der Waals surface area contributed by atoms with Crippen LogP contribution in [0.25, 0.3) is 0 Å². The molecule has 32 heavy (non-hydrogen) atoms. The lowest BCUT2D eigenvalue weighted by Gasteiger charge is -2.39. The van der Waals surface area contributed by atoms with Crippen LogP contribution in [0.2, 0.25) is 0 Å². The standard InChI is InChI=1S/C23H34N2O7/c1-12(2)25-14(5)17(10-15-6-8-16(9-7-15)30-13(3)4)22(24-25)32-23-21(29)20(28)19(27)18(11-26)31-23/h6-9,12-13,18-21,23,26-29H,10-11H2,1-5H3/t18-,19-,20+,21-,23+/m1/s1/i3D3,4D3,10D2,13D. The number of rotatable bonds is 8. The van der Waals surface area contributed by atoms with Crippen molar-refractivity contribution in [2.75, 3.05) is 6.61 Å². The predicted octanol–water partition coefficient (Wildman–Crippen LogP) is 1.33. The van der Waals surface area contributed by atoms with Crippen LogP contribution >= 0.6 is 0 Å². The van der Waals surface area contributed by atoms with E-state index in [9.17, 15) is 20.4 Å². The van der Waals surface area contributed by atoms with Gasteiger partial charge in [-0.3, -0.25) is 4.68 Å². The number of hydrogen-bond acceptors (Lipinski definition) is 8. The van der Waals surface area contributed by atoms with Crippen LogP contribution in [0, 0.1) is 6.92 Å². The summed E-state index contributed by atoms with van der Waals surface area (Å²) in [5, 5.41) is 44.5.